The number of primary amides is 1. The van der Waals surface area contributed by atoms with Gasteiger partial charge in [0.15, 0.2) is 5.69 Å². The second-order valence-electron chi connectivity index (χ2n) is 5.51. The van der Waals surface area contributed by atoms with Gasteiger partial charge >= 0.3 is 0 Å². The van der Waals surface area contributed by atoms with E-state index in [0.717, 1.165) is 0 Å². The summed E-state index contributed by atoms with van der Waals surface area (Å²) >= 11 is 5.82. The minimum absolute atomic E-state index is 0.0886. The highest BCUT2D eigenvalue weighted by Crippen LogP contribution is 2.29. The Kier molecular flexibility index (Phi) is 4.61. The number of carbonyl (C=O) groups is 1. The summed E-state index contributed by atoms with van der Waals surface area (Å²) in [6, 6.07) is 7.99. The molecule has 1 aromatic heterocycles. The van der Waals surface area contributed by atoms with Gasteiger partial charge in [-0.25, -0.2) is 4.39 Å². The molecule has 2 rings (SSSR count). The molecule has 1 heterocycles. The van der Waals surface area contributed by atoms with Gasteiger partial charge in [-0.05, 0) is 23.8 Å². The number of anilines is 1. The number of nitrogens with zero attached hydrogens (tertiary/aromatic N) is 2. The van der Waals surface area contributed by atoms with Gasteiger partial charge in [0.1, 0.15) is 11.6 Å². The molecule has 0 saturated heterocycles. The molecule has 0 unspecified atom stereocenters. The highest BCUT2D eigenvalue weighted by Gasteiger charge is 2.25. The Labute approximate surface area is 132 Å². The number of hydrogen-bond donors (Lipinski definition) is 2. The molecule has 3 N–H and O–H groups in total. The average molecular weight is 323 g/mol. The standard InChI is InChI=1S/C15H16ClFN4O/c1-15(2,9-4-3-5-10(16)13(9)17)8-19-12-7-6-11(14(18)22)20-21-12/h3-7H,8H2,1-2H3,(H2,18,22)(H,19,21). The Morgan fingerprint density at radius 1 is 1.32 bits per heavy atom. The molecule has 0 fully saturated rings. The molecule has 0 aliphatic carbocycles. The SMILES string of the molecule is CC(C)(CNc1ccc(C(N)=O)nn1)c1cccc(Cl)c1F. The fourth-order valence-corrected chi connectivity index (χ4v) is 2.17. The molecule has 116 valence electrons. The van der Waals surface area contributed by atoms with Gasteiger partial charge in [0.25, 0.3) is 5.91 Å². The van der Waals surface area contributed by atoms with Crippen LogP contribution in [0.1, 0.15) is 29.9 Å². The van der Waals surface area contributed by atoms with Crippen molar-refractivity contribution >= 4 is 23.3 Å². The van der Waals surface area contributed by atoms with Crippen LogP contribution in [-0.2, 0) is 5.41 Å². The third-order valence-electron chi connectivity index (χ3n) is 3.31. The summed E-state index contributed by atoms with van der Waals surface area (Å²) in [6.07, 6.45) is 0. The van der Waals surface area contributed by atoms with E-state index in [-0.39, 0.29) is 10.7 Å². The van der Waals surface area contributed by atoms with E-state index in [2.05, 4.69) is 15.5 Å². The van der Waals surface area contributed by atoms with Crippen LogP contribution in [0.3, 0.4) is 0 Å². The third kappa shape index (κ3) is 3.51. The summed E-state index contributed by atoms with van der Waals surface area (Å²) < 4.78 is 14.1. The topological polar surface area (TPSA) is 80.9 Å². The number of aromatic nitrogens is 2. The predicted octanol–water partition coefficient (Wildman–Crippen LogP) is 2.76. The molecule has 0 spiro atoms. The summed E-state index contributed by atoms with van der Waals surface area (Å²) in [5, 5.41) is 10.7. The molecule has 0 bridgehead atoms. The second kappa shape index (κ2) is 6.27. The molecular formula is C15H16ClFN4O. The molecule has 0 radical (unpaired) electrons. The molecule has 1 amide bonds. The van der Waals surface area contributed by atoms with Crippen LogP contribution in [0.2, 0.25) is 5.02 Å². The monoisotopic (exact) mass is 322 g/mol. The Morgan fingerprint density at radius 3 is 2.64 bits per heavy atom. The van der Waals surface area contributed by atoms with Gasteiger partial charge in [-0.15, -0.1) is 10.2 Å². The number of nitrogens with one attached hydrogen (secondary N) is 1. The number of amides is 1. The number of benzene rings is 1. The molecule has 0 atom stereocenters. The van der Waals surface area contributed by atoms with E-state index in [0.29, 0.717) is 17.9 Å². The van der Waals surface area contributed by atoms with Crippen LogP contribution < -0.4 is 11.1 Å². The zero-order valence-corrected chi connectivity index (χ0v) is 13.0. The van der Waals surface area contributed by atoms with Crippen molar-refractivity contribution in [2.24, 2.45) is 5.73 Å². The smallest absolute Gasteiger partial charge is 0.269 e. The lowest BCUT2D eigenvalue weighted by Crippen LogP contribution is -2.29. The first kappa shape index (κ1) is 16.2. The van der Waals surface area contributed by atoms with Crippen molar-refractivity contribution in [2.75, 3.05) is 11.9 Å². The first-order valence-electron chi connectivity index (χ1n) is 6.63. The predicted molar refractivity (Wildman–Crippen MR) is 83.5 cm³/mol. The molecule has 2 aromatic rings. The van der Waals surface area contributed by atoms with Crippen LogP contribution in [-0.4, -0.2) is 22.6 Å². The number of carbonyl (C=O) groups excluding carboxylic acids is 1. The Bertz CT molecular complexity index is 688. The van der Waals surface area contributed by atoms with E-state index in [1.54, 1.807) is 18.2 Å². The van der Waals surface area contributed by atoms with Crippen LogP contribution in [0.15, 0.2) is 30.3 Å². The number of rotatable bonds is 5. The van der Waals surface area contributed by atoms with Crippen molar-refractivity contribution < 1.29 is 9.18 Å². The van der Waals surface area contributed by atoms with Crippen molar-refractivity contribution in [3.05, 3.63) is 52.4 Å². The maximum absolute atomic E-state index is 14.1. The molecule has 0 aliphatic rings. The lowest BCUT2D eigenvalue weighted by atomic mass is 9.84. The Morgan fingerprint density at radius 2 is 2.05 bits per heavy atom. The molecule has 0 saturated carbocycles. The zero-order valence-electron chi connectivity index (χ0n) is 12.2. The number of nitrogens with two attached hydrogens (primary N) is 1. The van der Waals surface area contributed by atoms with Gasteiger partial charge < -0.3 is 11.1 Å². The van der Waals surface area contributed by atoms with E-state index in [4.69, 9.17) is 17.3 Å². The van der Waals surface area contributed by atoms with Crippen molar-refractivity contribution in [1.29, 1.82) is 0 Å². The van der Waals surface area contributed by atoms with E-state index in [1.165, 1.54) is 12.1 Å². The number of halogens is 2. The summed E-state index contributed by atoms with van der Waals surface area (Å²) in [5.41, 5.74) is 5.18. The molecule has 0 aliphatic heterocycles. The van der Waals surface area contributed by atoms with Crippen molar-refractivity contribution in [3.8, 4) is 0 Å². The first-order valence-corrected chi connectivity index (χ1v) is 7.01. The van der Waals surface area contributed by atoms with Crippen LogP contribution in [0.4, 0.5) is 10.2 Å². The summed E-state index contributed by atoms with van der Waals surface area (Å²) in [6.45, 7) is 4.19. The molecule has 7 heteroatoms. The van der Waals surface area contributed by atoms with E-state index in [1.807, 2.05) is 13.8 Å². The Hall–Kier alpha value is -2.21. The first-order chi connectivity index (χ1) is 10.3. The summed E-state index contributed by atoms with van der Waals surface area (Å²) in [4.78, 5) is 10.9. The molecule has 1 aromatic carbocycles. The van der Waals surface area contributed by atoms with Crippen molar-refractivity contribution in [1.82, 2.24) is 10.2 Å². The van der Waals surface area contributed by atoms with Gasteiger partial charge in [0.2, 0.25) is 0 Å². The van der Waals surface area contributed by atoms with Gasteiger partial charge in [-0.2, -0.15) is 0 Å². The molecular weight excluding hydrogens is 307 g/mol. The van der Waals surface area contributed by atoms with Crippen LogP contribution >= 0.6 is 11.6 Å². The second-order valence-corrected chi connectivity index (χ2v) is 5.91. The number of hydrogen-bond acceptors (Lipinski definition) is 4. The fourth-order valence-electron chi connectivity index (χ4n) is 1.99. The highest BCUT2D eigenvalue weighted by molar-refractivity contribution is 6.30. The van der Waals surface area contributed by atoms with Gasteiger partial charge in [-0.1, -0.05) is 37.6 Å². The van der Waals surface area contributed by atoms with Gasteiger partial charge in [0.05, 0.1) is 5.02 Å². The van der Waals surface area contributed by atoms with E-state index >= 15 is 0 Å². The maximum Gasteiger partial charge on any atom is 0.269 e. The minimum atomic E-state index is -0.639. The van der Waals surface area contributed by atoms with Crippen LogP contribution in [0.25, 0.3) is 0 Å². The average Bonchev–Trinajstić information content (AvgIpc) is 2.48. The lowest BCUT2D eigenvalue weighted by Gasteiger charge is -2.26. The van der Waals surface area contributed by atoms with Crippen molar-refractivity contribution in [3.63, 3.8) is 0 Å². The van der Waals surface area contributed by atoms with Gasteiger partial charge in [-0.3, -0.25) is 4.79 Å². The van der Waals surface area contributed by atoms with Crippen LogP contribution in [0, 0.1) is 5.82 Å². The maximum atomic E-state index is 14.1. The quantitative estimate of drug-likeness (QED) is 0.887. The van der Waals surface area contributed by atoms with E-state index in [9.17, 15) is 9.18 Å². The molecule has 22 heavy (non-hydrogen) atoms. The normalized spacial score (nSPS) is 11.3. The largest absolute Gasteiger partial charge is 0.368 e. The highest BCUT2D eigenvalue weighted by atomic mass is 35.5. The summed E-state index contributed by atoms with van der Waals surface area (Å²) in [5.74, 6) is -0.591. The summed E-state index contributed by atoms with van der Waals surface area (Å²) in [7, 11) is 0. The van der Waals surface area contributed by atoms with E-state index < -0.39 is 17.1 Å². The molecule has 5 nitrogen and oxygen atoms in total. The minimum Gasteiger partial charge on any atom is -0.368 e. The third-order valence-corrected chi connectivity index (χ3v) is 3.60. The Balaban J connectivity index is 2.12. The fraction of sp³-hybridized carbons (Fsp3) is 0.267. The zero-order chi connectivity index (χ0) is 16.3. The van der Waals surface area contributed by atoms with Crippen LogP contribution in [0.5, 0.6) is 0 Å². The van der Waals surface area contributed by atoms with Crippen molar-refractivity contribution in [2.45, 2.75) is 19.3 Å². The van der Waals surface area contributed by atoms with Gasteiger partial charge in [0, 0.05) is 12.0 Å². The lowest BCUT2D eigenvalue weighted by molar-refractivity contribution is 0.0994.